The molecule has 0 aliphatic rings. The van der Waals surface area contributed by atoms with E-state index in [1.807, 2.05) is 6.07 Å². The van der Waals surface area contributed by atoms with Crippen molar-refractivity contribution in [1.29, 1.82) is 0 Å². The summed E-state index contributed by atoms with van der Waals surface area (Å²) in [5.74, 6) is 0.111. The first kappa shape index (κ1) is 17.4. The van der Waals surface area contributed by atoms with Gasteiger partial charge in [-0.1, -0.05) is 12.1 Å². The molecule has 2 aromatic heterocycles. The van der Waals surface area contributed by atoms with E-state index in [9.17, 15) is 14.7 Å². The quantitative estimate of drug-likeness (QED) is 0.576. The van der Waals surface area contributed by atoms with Crippen molar-refractivity contribution in [1.82, 2.24) is 14.5 Å². The minimum absolute atomic E-state index is 0.0855. The van der Waals surface area contributed by atoms with Crippen molar-refractivity contribution in [3.05, 3.63) is 88.6 Å². The topological polar surface area (TPSA) is 97.1 Å². The number of rotatable bonds is 3. The van der Waals surface area contributed by atoms with Crippen LogP contribution in [0.1, 0.15) is 16.2 Å². The van der Waals surface area contributed by atoms with Crippen LogP contribution in [-0.2, 0) is 0 Å². The predicted molar refractivity (Wildman–Crippen MR) is 106 cm³/mol. The number of aryl methyl sites for hydroxylation is 1. The first-order valence-corrected chi connectivity index (χ1v) is 8.59. The molecule has 0 radical (unpaired) electrons. The van der Waals surface area contributed by atoms with Gasteiger partial charge in [0, 0.05) is 11.8 Å². The molecule has 0 saturated heterocycles. The number of carbonyl (C=O) groups excluding carboxylic acids is 1. The number of amides is 1. The standard InChI is InChI=1S/C21H16N4O3/c1-13-23-17-6-3-2-5-16(17)21(28)25(13)15-10-8-14(9-11-15)20(27)24-19-18(26)7-4-12-22-19/h2-12,26H,1H3,(H,22,24,27). The number of para-hydroxylation sites is 1. The Hall–Kier alpha value is -4.00. The highest BCUT2D eigenvalue weighted by Crippen LogP contribution is 2.19. The molecule has 4 rings (SSSR count). The predicted octanol–water partition coefficient (Wildman–Crippen LogP) is 3.05. The van der Waals surface area contributed by atoms with Crippen LogP contribution in [0.15, 0.2) is 71.7 Å². The summed E-state index contributed by atoms with van der Waals surface area (Å²) < 4.78 is 1.51. The minimum atomic E-state index is -0.416. The largest absolute Gasteiger partial charge is 0.504 e. The van der Waals surface area contributed by atoms with Crippen LogP contribution in [0.3, 0.4) is 0 Å². The Morgan fingerprint density at radius 2 is 1.79 bits per heavy atom. The van der Waals surface area contributed by atoms with E-state index >= 15 is 0 Å². The maximum absolute atomic E-state index is 12.9. The first-order valence-electron chi connectivity index (χ1n) is 8.59. The van der Waals surface area contributed by atoms with E-state index < -0.39 is 5.91 Å². The zero-order valence-corrected chi connectivity index (χ0v) is 15.0. The second-order valence-corrected chi connectivity index (χ2v) is 6.19. The number of hydrogen-bond donors (Lipinski definition) is 2. The molecule has 4 aromatic rings. The molecule has 0 atom stereocenters. The lowest BCUT2D eigenvalue weighted by Crippen LogP contribution is -2.22. The number of anilines is 1. The molecular formula is C21H16N4O3. The normalized spacial score (nSPS) is 10.8. The highest BCUT2D eigenvalue weighted by atomic mass is 16.3. The van der Waals surface area contributed by atoms with Crippen LogP contribution in [0.4, 0.5) is 5.82 Å². The number of pyridine rings is 1. The van der Waals surface area contributed by atoms with Crippen LogP contribution in [0.25, 0.3) is 16.6 Å². The summed E-state index contributed by atoms with van der Waals surface area (Å²) in [7, 11) is 0. The molecule has 0 saturated carbocycles. The van der Waals surface area contributed by atoms with E-state index in [0.717, 1.165) is 0 Å². The molecule has 0 unspecified atom stereocenters. The van der Waals surface area contributed by atoms with Gasteiger partial charge in [0.1, 0.15) is 5.82 Å². The number of aromatic hydroxyl groups is 1. The van der Waals surface area contributed by atoms with Crippen LogP contribution in [0.5, 0.6) is 5.75 Å². The maximum atomic E-state index is 12.9. The van der Waals surface area contributed by atoms with E-state index in [1.165, 1.54) is 16.8 Å². The van der Waals surface area contributed by atoms with Crippen molar-refractivity contribution in [2.24, 2.45) is 0 Å². The summed E-state index contributed by atoms with van der Waals surface area (Å²) in [6.07, 6.45) is 1.47. The van der Waals surface area contributed by atoms with Crippen LogP contribution >= 0.6 is 0 Å². The average Bonchev–Trinajstić information content (AvgIpc) is 2.70. The van der Waals surface area contributed by atoms with Crippen LogP contribution in [0, 0.1) is 6.92 Å². The first-order chi connectivity index (χ1) is 13.5. The van der Waals surface area contributed by atoms with E-state index in [-0.39, 0.29) is 17.1 Å². The zero-order chi connectivity index (χ0) is 19.7. The summed E-state index contributed by atoms with van der Waals surface area (Å²) in [6, 6.07) is 16.7. The van der Waals surface area contributed by atoms with Gasteiger partial charge in [0.25, 0.3) is 11.5 Å². The van der Waals surface area contributed by atoms with Gasteiger partial charge in [-0.05, 0) is 55.5 Å². The smallest absolute Gasteiger partial charge is 0.265 e. The van der Waals surface area contributed by atoms with Gasteiger partial charge in [0.15, 0.2) is 11.6 Å². The maximum Gasteiger partial charge on any atom is 0.265 e. The fourth-order valence-electron chi connectivity index (χ4n) is 2.98. The Bertz CT molecular complexity index is 1250. The Labute approximate surface area is 159 Å². The van der Waals surface area contributed by atoms with Crippen molar-refractivity contribution in [3.63, 3.8) is 0 Å². The highest BCUT2D eigenvalue weighted by molar-refractivity contribution is 6.04. The summed E-state index contributed by atoms with van der Waals surface area (Å²) in [5, 5.41) is 12.8. The molecule has 0 aliphatic carbocycles. The highest BCUT2D eigenvalue weighted by Gasteiger charge is 2.12. The molecule has 0 fully saturated rings. The number of aromatic nitrogens is 3. The molecule has 138 valence electrons. The van der Waals surface area contributed by atoms with Gasteiger partial charge < -0.3 is 10.4 Å². The second kappa shape index (κ2) is 6.96. The lowest BCUT2D eigenvalue weighted by molar-refractivity contribution is 0.102. The molecule has 0 aliphatic heterocycles. The van der Waals surface area contributed by atoms with Gasteiger partial charge >= 0.3 is 0 Å². The number of nitrogens with zero attached hydrogens (tertiary/aromatic N) is 3. The number of fused-ring (bicyclic) bond motifs is 1. The Morgan fingerprint density at radius 1 is 1.04 bits per heavy atom. The van der Waals surface area contributed by atoms with E-state index in [2.05, 4.69) is 15.3 Å². The van der Waals surface area contributed by atoms with Crippen molar-refractivity contribution < 1.29 is 9.90 Å². The molecule has 0 bridgehead atoms. The van der Waals surface area contributed by atoms with E-state index in [0.29, 0.717) is 28.0 Å². The van der Waals surface area contributed by atoms with Crippen molar-refractivity contribution in [3.8, 4) is 11.4 Å². The van der Waals surface area contributed by atoms with E-state index in [1.54, 1.807) is 55.5 Å². The number of carbonyl (C=O) groups is 1. The molecule has 1 amide bonds. The van der Waals surface area contributed by atoms with Crippen molar-refractivity contribution >= 4 is 22.6 Å². The van der Waals surface area contributed by atoms with Crippen LogP contribution in [0.2, 0.25) is 0 Å². The van der Waals surface area contributed by atoms with Gasteiger partial charge in [-0.25, -0.2) is 9.97 Å². The van der Waals surface area contributed by atoms with Crippen molar-refractivity contribution in [2.45, 2.75) is 6.92 Å². The summed E-state index contributed by atoms with van der Waals surface area (Å²) in [6.45, 7) is 1.76. The lowest BCUT2D eigenvalue weighted by atomic mass is 10.1. The molecule has 2 heterocycles. The molecule has 28 heavy (non-hydrogen) atoms. The third-order valence-corrected chi connectivity index (χ3v) is 4.35. The summed E-state index contributed by atoms with van der Waals surface area (Å²) >= 11 is 0. The third-order valence-electron chi connectivity index (χ3n) is 4.35. The number of benzene rings is 2. The van der Waals surface area contributed by atoms with Gasteiger partial charge in [0.2, 0.25) is 0 Å². The molecule has 7 heteroatoms. The van der Waals surface area contributed by atoms with Crippen molar-refractivity contribution in [2.75, 3.05) is 5.32 Å². The van der Waals surface area contributed by atoms with Gasteiger partial charge in [-0.2, -0.15) is 0 Å². The average molecular weight is 372 g/mol. The fourth-order valence-corrected chi connectivity index (χ4v) is 2.98. The molecule has 2 N–H and O–H groups in total. The molecule has 7 nitrogen and oxygen atoms in total. The molecule has 2 aromatic carbocycles. The summed E-state index contributed by atoms with van der Waals surface area (Å²) in [4.78, 5) is 33.6. The second-order valence-electron chi connectivity index (χ2n) is 6.19. The van der Waals surface area contributed by atoms with Gasteiger partial charge in [0.05, 0.1) is 16.6 Å². The third kappa shape index (κ3) is 3.09. The van der Waals surface area contributed by atoms with Gasteiger partial charge in [-0.15, -0.1) is 0 Å². The molecular weight excluding hydrogens is 356 g/mol. The number of hydrogen-bond acceptors (Lipinski definition) is 5. The Balaban J connectivity index is 1.67. The van der Waals surface area contributed by atoms with Crippen LogP contribution < -0.4 is 10.9 Å². The SMILES string of the molecule is Cc1nc2ccccc2c(=O)n1-c1ccc(C(=O)Nc2ncccc2O)cc1. The molecule has 0 spiro atoms. The zero-order valence-electron chi connectivity index (χ0n) is 15.0. The van der Waals surface area contributed by atoms with Gasteiger partial charge in [-0.3, -0.25) is 14.2 Å². The Kier molecular flexibility index (Phi) is 4.33. The lowest BCUT2D eigenvalue weighted by Gasteiger charge is -2.11. The minimum Gasteiger partial charge on any atom is -0.504 e. The Morgan fingerprint density at radius 3 is 2.54 bits per heavy atom. The monoisotopic (exact) mass is 372 g/mol. The van der Waals surface area contributed by atoms with E-state index in [4.69, 9.17) is 0 Å². The van der Waals surface area contributed by atoms with Crippen LogP contribution in [-0.4, -0.2) is 25.5 Å². The summed E-state index contributed by atoms with van der Waals surface area (Å²) in [5.41, 5.74) is 1.46. The fraction of sp³-hybridized carbons (Fsp3) is 0.0476. The number of nitrogens with one attached hydrogen (secondary N) is 1.